The van der Waals surface area contributed by atoms with Gasteiger partial charge in [0, 0.05) is 16.3 Å². The molecule has 3 atom stereocenters. The van der Waals surface area contributed by atoms with Crippen LogP contribution >= 0.6 is 15.9 Å². The summed E-state index contributed by atoms with van der Waals surface area (Å²) in [5.74, 6) is 0.880. The van der Waals surface area contributed by atoms with E-state index in [9.17, 15) is 9.90 Å². The van der Waals surface area contributed by atoms with Crippen molar-refractivity contribution in [2.24, 2.45) is 17.8 Å². The Morgan fingerprint density at radius 1 is 1.19 bits per heavy atom. The van der Waals surface area contributed by atoms with Gasteiger partial charge in [0.1, 0.15) is 5.76 Å². The van der Waals surface area contributed by atoms with E-state index in [4.69, 9.17) is 0 Å². The first-order valence-electron chi connectivity index (χ1n) is 7.66. The molecule has 0 spiro atoms. The van der Waals surface area contributed by atoms with Crippen LogP contribution in [0.4, 0.5) is 0 Å². The van der Waals surface area contributed by atoms with Gasteiger partial charge in [-0.3, -0.25) is 4.79 Å². The number of aryl methyl sites for hydroxylation is 2. The molecule has 2 aliphatic carbocycles. The highest BCUT2D eigenvalue weighted by atomic mass is 79.9. The van der Waals surface area contributed by atoms with Crippen LogP contribution in [0, 0.1) is 31.6 Å². The van der Waals surface area contributed by atoms with E-state index in [2.05, 4.69) is 22.9 Å². The minimum Gasteiger partial charge on any atom is -0.511 e. The number of carbonyl (C=O) groups is 1. The van der Waals surface area contributed by atoms with Crippen LogP contribution in [0.25, 0.3) is 5.57 Å². The molecule has 0 aromatic heterocycles. The molecule has 2 aliphatic rings. The lowest BCUT2D eigenvalue weighted by molar-refractivity contribution is -0.120. The normalized spacial score (nSPS) is 29.0. The number of fused-ring (bicyclic) bond motifs is 1. The number of aliphatic hydroxyl groups excluding tert-OH is 1. The average Bonchev–Trinajstić information content (AvgIpc) is 2.64. The second-order valence-electron chi connectivity index (χ2n) is 6.58. The maximum absolute atomic E-state index is 12.9. The lowest BCUT2D eigenvalue weighted by Gasteiger charge is -2.30. The molecule has 0 bridgehead atoms. The second-order valence-corrected chi connectivity index (χ2v) is 7.50. The van der Waals surface area contributed by atoms with Crippen molar-refractivity contribution < 1.29 is 9.90 Å². The molecule has 1 aromatic carbocycles. The third-order valence-electron chi connectivity index (χ3n) is 5.13. The van der Waals surface area contributed by atoms with Gasteiger partial charge in [0.15, 0.2) is 5.78 Å². The fourth-order valence-corrected chi connectivity index (χ4v) is 4.88. The van der Waals surface area contributed by atoms with Gasteiger partial charge < -0.3 is 5.11 Å². The third kappa shape index (κ3) is 2.26. The fraction of sp³-hybridized carbons (Fsp3) is 0.500. The molecule has 3 unspecified atom stereocenters. The molecule has 1 saturated carbocycles. The maximum Gasteiger partial charge on any atom is 0.170 e. The highest BCUT2D eigenvalue weighted by molar-refractivity contribution is 9.10. The summed E-state index contributed by atoms with van der Waals surface area (Å²) in [6.45, 7) is 6.16. The molecule has 1 N–H and O–H groups in total. The molecule has 0 saturated heterocycles. The van der Waals surface area contributed by atoms with Crippen LogP contribution in [0.1, 0.15) is 42.9 Å². The summed E-state index contributed by atoms with van der Waals surface area (Å²) < 4.78 is 1.01. The van der Waals surface area contributed by atoms with Gasteiger partial charge in [-0.15, -0.1) is 0 Å². The number of carbonyl (C=O) groups excluding carboxylic acids is 1. The van der Waals surface area contributed by atoms with E-state index in [1.165, 1.54) is 0 Å². The number of ketones is 1. The summed E-state index contributed by atoms with van der Waals surface area (Å²) in [4.78, 5) is 12.9. The van der Waals surface area contributed by atoms with Gasteiger partial charge in [0.05, 0.1) is 5.57 Å². The van der Waals surface area contributed by atoms with Crippen LogP contribution in [0.15, 0.2) is 22.4 Å². The van der Waals surface area contributed by atoms with Crippen molar-refractivity contribution in [1.29, 1.82) is 0 Å². The fourth-order valence-electron chi connectivity index (χ4n) is 4.20. The first-order chi connectivity index (χ1) is 9.91. The van der Waals surface area contributed by atoms with Gasteiger partial charge in [0.2, 0.25) is 0 Å². The van der Waals surface area contributed by atoms with Crippen molar-refractivity contribution in [3.63, 3.8) is 0 Å². The van der Waals surface area contributed by atoms with Gasteiger partial charge in [-0.25, -0.2) is 0 Å². The van der Waals surface area contributed by atoms with Crippen molar-refractivity contribution in [3.05, 3.63) is 39.1 Å². The monoisotopic (exact) mass is 348 g/mol. The molecule has 1 aromatic rings. The number of hydrogen-bond acceptors (Lipinski definition) is 2. The van der Waals surface area contributed by atoms with Crippen LogP contribution in [0.5, 0.6) is 0 Å². The predicted octanol–water partition coefficient (Wildman–Crippen LogP) is 4.97. The molecule has 0 radical (unpaired) electrons. The van der Waals surface area contributed by atoms with E-state index in [0.29, 0.717) is 17.3 Å². The Morgan fingerprint density at radius 2 is 1.81 bits per heavy atom. The standard InChI is InChI=1S/C18H21BrO2/c1-9-5-4-6-13-15(9)18(21)16(17(13)20)14-10(2)7-12(19)8-11(14)3/h7-9,13,15,20H,4-6H2,1-3H3. The molecular weight excluding hydrogens is 328 g/mol. The molecular formula is C18H21BrO2. The quantitative estimate of drug-likeness (QED) is 0.777. The number of hydrogen-bond donors (Lipinski definition) is 1. The summed E-state index contributed by atoms with van der Waals surface area (Å²) in [5.41, 5.74) is 3.61. The largest absolute Gasteiger partial charge is 0.511 e. The topological polar surface area (TPSA) is 37.3 Å². The molecule has 3 rings (SSSR count). The highest BCUT2D eigenvalue weighted by Gasteiger charge is 2.47. The smallest absolute Gasteiger partial charge is 0.170 e. The molecule has 2 nitrogen and oxygen atoms in total. The highest BCUT2D eigenvalue weighted by Crippen LogP contribution is 2.49. The number of allylic oxidation sites excluding steroid dienone is 2. The van der Waals surface area contributed by atoms with Crippen molar-refractivity contribution in [1.82, 2.24) is 0 Å². The van der Waals surface area contributed by atoms with Crippen molar-refractivity contribution >= 4 is 27.3 Å². The van der Waals surface area contributed by atoms with Crippen LogP contribution in [-0.4, -0.2) is 10.9 Å². The Hall–Kier alpha value is -1.09. The van der Waals surface area contributed by atoms with Crippen LogP contribution < -0.4 is 0 Å². The minimum atomic E-state index is -0.0174. The zero-order valence-electron chi connectivity index (χ0n) is 12.7. The zero-order chi connectivity index (χ0) is 15.3. The van der Waals surface area contributed by atoms with Crippen molar-refractivity contribution in [2.45, 2.75) is 40.0 Å². The second kappa shape index (κ2) is 5.28. The van der Waals surface area contributed by atoms with Crippen LogP contribution in [-0.2, 0) is 4.79 Å². The van der Waals surface area contributed by atoms with E-state index in [-0.39, 0.29) is 17.6 Å². The van der Waals surface area contributed by atoms with Crippen molar-refractivity contribution in [2.75, 3.05) is 0 Å². The minimum absolute atomic E-state index is 0.0174. The lowest BCUT2D eigenvalue weighted by Crippen LogP contribution is -2.29. The molecule has 112 valence electrons. The first kappa shape index (κ1) is 14.8. The summed E-state index contributed by atoms with van der Waals surface area (Å²) >= 11 is 3.49. The number of halogens is 1. The first-order valence-corrected chi connectivity index (χ1v) is 8.45. The molecule has 0 aliphatic heterocycles. The van der Waals surface area contributed by atoms with Gasteiger partial charge in [-0.05, 0) is 61.4 Å². The molecule has 3 heteroatoms. The Bertz CT molecular complexity index is 622. The molecule has 0 amide bonds. The molecule has 21 heavy (non-hydrogen) atoms. The number of Topliss-reactive ketones (excluding diaryl/α,β-unsaturated/α-hetero) is 1. The van der Waals surface area contributed by atoms with Crippen LogP contribution in [0.3, 0.4) is 0 Å². The van der Waals surface area contributed by atoms with E-state index in [1.807, 2.05) is 26.0 Å². The third-order valence-corrected chi connectivity index (χ3v) is 5.58. The van der Waals surface area contributed by atoms with E-state index >= 15 is 0 Å². The Kier molecular flexibility index (Phi) is 3.73. The van der Waals surface area contributed by atoms with Gasteiger partial charge in [-0.2, -0.15) is 0 Å². The SMILES string of the molecule is Cc1cc(Br)cc(C)c1C1=C(O)C2CCCC(C)C2C1=O. The molecule has 0 heterocycles. The van der Waals surface area contributed by atoms with E-state index < -0.39 is 0 Å². The van der Waals surface area contributed by atoms with Gasteiger partial charge in [-0.1, -0.05) is 29.3 Å². The van der Waals surface area contributed by atoms with E-state index in [0.717, 1.165) is 40.4 Å². The van der Waals surface area contributed by atoms with Crippen LogP contribution in [0.2, 0.25) is 0 Å². The number of benzene rings is 1. The molecule has 1 fully saturated rings. The maximum atomic E-state index is 12.9. The Balaban J connectivity index is 2.14. The predicted molar refractivity (Wildman–Crippen MR) is 88.2 cm³/mol. The number of rotatable bonds is 1. The van der Waals surface area contributed by atoms with Gasteiger partial charge in [0.25, 0.3) is 0 Å². The number of aliphatic hydroxyl groups is 1. The zero-order valence-corrected chi connectivity index (χ0v) is 14.3. The van der Waals surface area contributed by atoms with E-state index in [1.54, 1.807) is 0 Å². The Labute approximate surface area is 134 Å². The Morgan fingerprint density at radius 3 is 2.38 bits per heavy atom. The van der Waals surface area contributed by atoms with Crippen molar-refractivity contribution in [3.8, 4) is 0 Å². The summed E-state index contributed by atoms with van der Waals surface area (Å²) in [6.07, 6.45) is 3.13. The summed E-state index contributed by atoms with van der Waals surface area (Å²) in [6, 6.07) is 4.03. The lowest BCUT2D eigenvalue weighted by atomic mass is 9.73. The van der Waals surface area contributed by atoms with Gasteiger partial charge >= 0.3 is 0 Å². The summed E-state index contributed by atoms with van der Waals surface area (Å²) in [5, 5.41) is 10.7. The average molecular weight is 349 g/mol. The summed E-state index contributed by atoms with van der Waals surface area (Å²) in [7, 11) is 0.